The van der Waals surface area contributed by atoms with Gasteiger partial charge < -0.3 is 5.73 Å². The van der Waals surface area contributed by atoms with E-state index in [9.17, 15) is 0 Å². The van der Waals surface area contributed by atoms with Crippen molar-refractivity contribution in [2.75, 3.05) is 0 Å². The Balaban J connectivity index is 2.48. The van der Waals surface area contributed by atoms with Crippen molar-refractivity contribution in [3.63, 3.8) is 0 Å². The van der Waals surface area contributed by atoms with Crippen LogP contribution in [0.4, 0.5) is 0 Å². The van der Waals surface area contributed by atoms with Crippen LogP contribution in [0.2, 0.25) is 5.28 Å². The summed E-state index contributed by atoms with van der Waals surface area (Å²) in [5.74, 6) is 0.911. The second kappa shape index (κ2) is 2.46. The first-order chi connectivity index (χ1) is 5.29. The van der Waals surface area contributed by atoms with E-state index < -0.39 is 0 Å². The van der Waals surface area contributed by atoms with Gasteiger partial charge in [0.05, 0.1) is 6.17 Å². The highest BCUT2D eigenvalue weighted by atomic mass is 35.5. The van der Waals surface area contributed by atoms with Crippen molar-refractivity contribution in [1.82, 2.24) is 14.8 Å². The van der Waals surface area contributed by atoms with Crippen LogP contribution in [-0.4, -0.2) is 14.8 Å². The number of fused-ring (bicyclic) bond motifs is 1. The topological polar surface area (TPSA) is 56.7 Å². The Kier molecular flexibility index (Phi) is 1.58. The Labute approximate surface area is 69.4 Å². The number of hydrogen-bond donors (Lipinski definition) is 1. The van der Waals surface area contributed by atoms with Crippen molar-refractivity contribution in [1.29, 1.82) is 0 Å². The number of hydrogen-bond acceptors (Lipinski definition) is 3. The van der Waals surface area contributed by atoms with Crippen molar-refractivity contribution in [2.24, 2.45) is 5.73 Å². The molecular weight excluding hydrogens is 164 g/mol. The predicted octanol–water partition coefficient (Wildman–Crippen LogP) is 0.725. The summed E-state index contributed by atoms with van der Waals surface area (Å²) in [6, 6.07) is 0. The molecule has 5 heteroatoms. The zero-order valence-electron chi connectivity index (χ0n) is 6.00. The van der Waals surface area contributed by atoms with Crippen LogP contribution < -0.4 is 5.73 Å². The average molecular weight is 173 g/mol. The Hall–Kier alpha value is -0.610. The normalized spacial score (nSPS) is 23.3. The third-order valence-corrected chi connectivity index (χ3v) is 2.21. The molecule has 2 N–H and O–H groups in total. The zero-order valence-corrected chi connectivity index (χ0v) is 6.75. The molecule has 60 valence electrons. The zero-order chi connectivity index (χ0) is 7.84. The van der Waals surface area contributed by atoms with Gasteiger partial charge >= 0.3 is 0 Å². The minimum atomic E-state index is -0.0266. The van der Waals surface area contributed by atoms with Gasteiger partial charge in [-0.1, -0.05) is 0 Å². The van der Waals surface area contributed by atoms with Gasteiger partial charge in [-0.15, -0.1) is 10.2 Å². The summed E-state index contributed by atoms with van der Waals surface area (Å²) < 4.78 is 1.80. The molecule has 0 spiro atoms. The highest BCUT2D eigenvalue weighted by Gasteiger charge is 2.20. The van der Waals surface area contributed by atoms with Crippen LogP contribution in [0.15, 0.2) is 0 Å². The van der Waals surface area contributed by atoms with Gasteiger partial charge in [0.2, 0.25) is 5.28 Å². The molecule has 1 aromatic heterocycles. The molecule has 0 aromatic carbocycles. The molecule has 2 heterocycles. The molecule has 0 fully saturated rings. The third kappa shape index (κ3) is 1.02. The molecule has 1 aliphatic rings. The van der Waals surface area contributed by atoms with Gasteiger partial charge in [0, 0.05) is 6.42 Å². The van der Waals surface area contributed by atoms with Gasteiger partial charge in [-0.2, -0.15) is 0 Å². The molecular formula is C6H9ClN4. The minimum absolute atomic E-state index is 0.0266. The standard InChI is InChI=1S/C6H9ClN4/c7-6-10-9-5-3-1-2-4(8)11(5)6/h4H,1-3,8H2. The Morgan fingerprint density at radius 1 is 1.55 bits per heavy atom. The summed E-state index contributed by atoms with van der Waals surface area (Å²) in [4.78, 5) is 0. The molecule has 0 saturated carbocycles. The van der Waals surface area contributed by atoms with Crippen molar-refractivity contribution < 1.29 is 0 Å². The van der Waals surface area contributed by atoms with Crippen LogP contribution >= 0.6 is 11.6 Å². The van der Waals surface area contributed by atoms with Gasteiger partial charge in [0.15, 0.2) is 0 Å². The number of aryl methyl sites for hydroxylation is 1. The fraction of sp³-hybridized carbons (Fsp3) is 0.667. The first-order valence-corrected chi connectivity index (χ1v) is 4.01. The highest BCUT2D eigenvalue weighted by Crippen LogP contribution is 2.22. The Morgan fingerprint density at radius 2 is 2.36 bits per heavy atom. The Morgan fingerprint density at radius 3 is 3.09 bits per heavy atom. The maximum absolute atomic E-state index is 5.79. The van der Waals surface area contributed by atoms with E-state index in [4.69, 9.17) is 17.3 Å². The van der Waals surface area contributed by atoms with Gasteiger partial charge in [0.1, 0.15) is 5.82 Å². The lowest BCUT2D eigenvalue weighted by atomic mass is 10.1. The SMILES string of the molecule is NC1CCCc2nnc(Cl)n21. The summed E-state index contributed by atoms with van der Waals surface area (Å²) in [7, 11) is 0. The van der Waals surface area contributed by atoms with Crippen LogP contribution in [0.3, 0.4) is 0 Å². The van der Waals surface area contributed by atoms with Crippen LogP contribution in [-0.2, 0) is 6.42 Å². The fourth-order valence-electron chi connectivity index (χ4n) is 1.40. The lowest BCUT2D eigenvalue weighted by molar-refractivity contribution is 0.409. The molecule has 0 radical (unpaired) electrons. The number of nitrogens with zero attached hydrogens (tertiary/aromatic N) is 3. The van der Waals surface area contributed by atoms with Crippen LogP contribution in [0.1, 0.15) is 24.8 Å². The number of aromatic nitrogens is 3. The van der Waals surface area contributed by atoms with E-state index in [1.54, 1.807) is 4.57 Å². The van der Waals surface area contributed by atoms with E-state index in [1.807, 2.05) is 0 Å². The summed E-state index contributed by atoms with van der Waals surface area (Å²) in [6.45, 7) is 0. The summed E-state index contributed by atoms with van der Waals surface area (Å²) in [6.07, 6.45) is 2.95. The molecule has 1 aromatic rings. The summed E-state index contributed by atoms with van der Waals surface area (Å²) in [5.41, 5.74) is 5.79. The molecule has 0 amide bonds. The predicted molar refractivity (Wildman–Crippen MR) is 41.2 cm³/mol. The monoisotopic (exact) mass is 172 g/mol. The van der Waals surface area contributed by atoms with Crippen molar-refractivity contribution in [2.45, 2.75) is 25.4 Å². The first kappa shape index (κ1) is 7.06. The molecule has 2 rings (SSSR count). The number of halogens is 1. The van der Waals surface area contributed by atoms with Crippen LogP contribution in [0.25, 0.3) is 0 Å². The van der Waals surface area contributed by atoms with Crippen molar-refractivity contribution >= 4 is 11.6 Å². The lowest BCUT2D eigenvalue weighted by Gasteiger charge is -2.20. The first-order valence-electron chi connectivity index (χ1n) is 3.64. The van der Waals surface area contributed by atoms with E-state index in [2.05, 4.69) is 10.2 Å². The largest absolute Gasteiger partial charge is 0.311 e. The second-order valence-corrected chi connectivity index (χ2v) is 3.05. The Bertz CT molecular complexity index is 270. The van der Waals surface area contributed by atoms with Gasteiger partial charge in [-0.05, 0) is 24.4 Å². The van der Waals surface area contributed by atoms with Crippen molar-refractivity contribution in [3.05, 3.63) is 11.1 Å². The number of nitrogens with two attached hydrogens (primary N) is 1. The molecule has 1 atom stereocenters. The second-order valence-electron chi connectivity index (χ2n) is 2.71. The van der Waals surface area contributed by atoms with Crippen molar-refractivity contribution in [3.8, 4) is 0 Å². The molecule has 0 aliphatic carbocycles. The van der Waals surface area contributed by atoms with E-state index in [1.165, 1.54) is 0 Å². The van der Waals surface area contributed by atoms with Crippen LogP contribution in [0.5, 0.6) is 0 Å². The average Bonchev–Trinajstić information content (AvgIpc) is 2.34. The third-order valence-electron chi connectivity index (χ3n) is 1.96. The van der Waals surface area contributed by atoms with Gasteiger partial charge in [-0.3, -0.25) is 4.57 Å². The van der Waals surface area contributed by atoms with Gasteiger partial charge in [0.25, 0.3) is 0 Å². The maximum Gasteiger partial charge on any atom is 0.226 e. The highest BCUT2D eigenvalue weighted by molar-refractivity contribution is 6.28. The molecule has 0 saturated heterocycles. The molecule has 11 heavy (non-hydrogen) atoms. The molecule has 4 nitrogen and oxygen atoms in total. The van der Waals surface area contributed by atoms with E-state index in [0.29, 0.717) is 5.28 Å². The van der Waals surface area contributed by atoms with Crippen LogP contribution in [0, 0.1) is 0 Å². The fourth-order valence-corrected chi connectivity index (χ4v) is 1.66. The van der Waals surface area contributed by atoms with Gasteiger partial charge in [-0.25, -0.2) is 0 Å². The summed E-state index contributed by atoms with van der Waals surface area (Å²) in [5, 5.41) is 8.06. The van der Waals surface area contributed by atoms with E-state index in [0.717, 1.165) is 25.1 Å². The molecule has 1 aliphatic heterocycles. The van der Waals surface area contributed by atoms with E-state index >= 15 is 0 Å². The minimum Gasteiger partial charge on any atom is -0.311 e. The molecule has 0 bridgehead atoms. The lowest BCUT2D eigenvalue weighted by Crippen LogP contribution is -2.24. The maximum atomic E-state index is 5.79. The quantitative estimate of drug-likeness (QED) is 0.628. The molecule has 1 unspecified atom stereocenters. The smallest absolute Gasteiger partial charge is 0.226 e. The van der Waals surface area contributed by atoms with E-state index in [-0.39, 0.29) is 6.17 Å². The number of rotatable bonds is 0. The summed E-state index contributed by atoms with van der Waals surface area (Å²) >= 11 is 5.76.